The van der Waals surface area contributed by atoms with E-state index < -0.39 is 41.8 Å². The molecule has 59 heavy (non-hydrogen) atoms. The van der Waals surface area contributed by atoms with Gasteiger partial charge in [-0.3, -0.25) is 19.8 Å². The molecule has 5 aliphatic rings. The number of carbonyl (C=O) groups excluding carboxylic acids is 1. The van der Waals surface area contributed by atoms with Crippen LogP contribution in [0.2, 0.25) is 5.02 Å². The summed E-state index contributed by atoms with van der Waals surface area (Å²) in [4.78, 5) is 48.7. The molecule has 0 radical (unpaired) electrons. The monoisotopic (exact) mass is 863 g/mol. The Bertz CT molecular complexity index is 2250. The molecule has 23 heteroatoms. The number of esters is 1. The van der Waals surface area contributed by atoms with E-state index in [1.54, 1.807) is 24.5 Å². The fourth-order valence-corrected chi connectivity index (χ4v) is 7.78. The van der Waals surface area contributed by atoms with Crippen LogP contribution in [0.15, 0.2) is 24.5 Å². The summed E-state index contributed by atoms with van der Waals surface area (Å²) in [5.41, 5.74) is 1.32. The van der Waals surface area contributed by atoms with Crippen molar-refractivity contribution >= 4 is 63.2 Å². The number of carboxylic acids is 2. The van der Waals surface area contributed by atoms with Gasteiger partial charge in [-0.15, -0.1) is 0 Å². The lowest BCUT2D eigenvalue weighted by Gasteiger charge is -2.34. The number of benzene rings is 1. The van der Waals surface area contributed by atoms with Gasteiger partial charge in [-0.1, -0.05) is 23.8 Å². The predicted octanol–water partition coefficient (Wildman–Crippen LogP) is 6.90. The number of carbonyl (C=O) groups is 3. The Morgan fingerprint density at radius 3 is 2.44 bits per heavy atom. The standard InChI is InChI=1S/C32H32ClF2N7O3.2C2HF3O2/c33-23-11-24-21(14-37-40-24)26-20(23)6-1-2-7-25(43)45-19-5-3-9-41(16-19)30-22-13-36-29(26)27(35)28(22)38-31(39-30)44-17-32-8-4-10-42(32)15-18(34)12-32;2*3-2(4,5)1(6)7/h1,6,11,13-14,18-19H,2-5,7-10,12,15-17H2,(H,37,40);2*(H,6,7)/b6-1-;;/t18-,19-,32+;;/m1../s1. The second-order valence-electron chi connectivity index (χ2n) is 14.1. The molecular formula is C36H34ClF8N7O7. The van der Waals surface area contributed by atoms with E-state index in [9.17, 15) is 35.5 Å². The number of anilines is 1. The number of ether oxygens (including phenoxy) is 2. The molecular weight excluding hydrogens is 830 g/mol. The van der Waals surface area contributed by atoms with Gasteiger partial charge < -0.3 is 24.6 Å². The number of H-pyrrole nitrogens is 1. The zero-order valence-electron chi connectivity index (χ0n) is 30.5. The van der Waals surface area contributed by atoms with Gasteiger partial charge in [0.25, 0.3) is 0 Å². The number of fused-ring (bicyclic) bond motifs is 7. The van der Waals surface area contributed by atoms with Crippen molar-refractivity contribution in [3.8, 4) is 17.3 Å². The normalized spacial score (nSPS) is 22.5. The summed E-state index contributed by atoms with van der Waals surface area (Å²) >= 11 is 6.73. The number of hydrogen-bond acceptors (Lipinski definition) is 11. The van der Waals surface area contributed by atoms with Gasteiger partial charge >= 0.3 is 36.3 Å². The second kappa shape index (κ2) is 17.1. The zero-order valence-corrected chi connectivity index (χ0v) is 31.3. The number of hydrogen-bond donors (Lipinski definition) is 3. The lowest BCUT2D eigenvalue weighted by molar-refractivity contribution is -0.193. The van der Waals surface area contributed by atoms with Crippen LogP contribution in [0.4, 0.5) is 40.9 Å². The van der Waals surface area contributed by atoms with Crippen molar-refractivity contribution in [2.45, 2.75) is 75.1 Å². The van der Waals surface area contributed by atoms with E-state index in [0.29, 0.717) is 77.2 Å². The van der Waals surface area contributed by atoms with Gasteiger partial charge in [0.2, 0.25) is 0 Å². The van der Waals surface area contributed by atoms with E-state index in [4.69, 9.17) is 45.9 Å². The minimum Gasteiger partial charge on any atom is -0.475 e. The van der Waals surface area contributed by atoms with Crippen LogP contribution in [0.3, 0.4) is 0 Å². The van der Waals surface area contributed by atoms with Crippen LogP contribution in [0.25, 0.3) is 39.1 Å². The summed E-state index contributed by atoms with van der Waals surface area (Å²) in [6, 6.07) is 1.74. The molecule has 1 aromatic carbocycles. The van der Waals surface area contributed by atoms with Crippen molar-refractivity contribution in [2.75, 3.05) is 37.7 Å². The Morgan fingerprint density at radius 1 is 1.03 bits per heavy atom. The predicted molar refractivity (Wildman–Crippen MR) is 193 cm³/mol. The lowest BCUT2D eigenvalue weighted by atomic mass is 9.95. The molecule has 3 fully saturated rings. The number of piperidine rings is 1. The smallest absolute Gasteiger partial charge is 0.475 e. The van der Waals surface area contributed by atoms with Crippen LogP contribution in [0, 0.1) is 5.82 Å². The molecule has 3 atom stereocenters. The number of halogens is 9. The average Bonchev–Trinajstić information content (AvgIpc) is 3.86. The first kappa shape index (κ1) is 43.2. The number of carboxylic acid groups (broad SMARTS) is 2. The SMILES string of the molecule is O=C(O)C(F)(F)F.O=C(O)C(F)(F)F.O=C1CC/C=C\c2c(Cl)cc3[nH]ncc3c2-c2ncc3c(nc(OC[C@@]45CCCN4C[C@H](F)C5)nc3c2F)N2CCC[C@H](C2)O1. The summed E-state index contributed by atoms with van der Waals surface area (Å²) in [6.07, 6.45) is -0.339. The lowest BCUT2D eigenvalue weighted by Crippen LogP contribution is -2.43. The number of pyridine rings is 1. The van der Waals surface area contributed by atoms with Crippen LogP contribution in [0.5, 0.6) is 6.01 Å². The zero-order chi connectivity index (χ0) is 42.9. The number of aromatic nitrogens is 5. The molecule has 0 spiro atoms. The largest absolute Gasteiger partial charge is 0.490 e. The van der Waals surface area contributed by atoms with Crippen molar-refractivity contribution < 1.29 is 69.2 Å². The number of aromatic amines is 1. The highest BCUT2D eigenvalue weighted by molar-refractivity contribution is 6.34. The van der Waals surface area contributed by atoms with E-state index in [1.807, 2.05) is 11.0 Å². The first-order chi connectivity index (χ1) is 27.8. The van der Waals surface area contributed by atoms with Gasteiger partial charge in [0.1, 0.15) is 35.9 Å². The third kappa shape index (κ3) is 9.58. The van der Waals surface area contributed by atoms with Crippen molar-refractivity contribution in [3.05, 3.63) is 40.9 Å². The van der Waals surface area contributed by atoms with Gasteiger partial charge in [0.15, 0.2) is 5.82 Å². The van der Waals surface area contributed by atoms with E-state index in [1.165, 1.54) is 0 Å². The van der Waals surface area contributed by atoms with E-state index >= 15 is 4.39 Å². The highest BCUT2D eigenvalue weighted by atomic mass is 35.5. The highest BCUT2D eigenvalue weighted by Crippen LogP contribution is 2.42. The molecule has 318 valence electrons. The maximum absolute atomic E-state index is 16.9. The van der Waals surface area contributed by atoms with Crippen LogP contribution < -0.4 is 9.64 Å². The Labute approximate surface area is 333 Å². The van der Waals surface area contributed by atoms with E-state index in [0.717, 1.165) is 25.8 Å². The molecule has 8 heterocycles. The third-order valence-corrected chi connectivity index (χ3v) is 10.4. The van der Waals surface area contributed by atoms with Gasteiger partial charge in [0, 0.05) is 48.6 Å². The highest BCUT2D eigenvalue weighted by Gasteiger charge is 2.49. The molecule has 3 N–H and O–H groups in total. The second-order valence-corrected chi connectivity index (χ2v) is 14.5. The number of nitrogens with one attached hydrogen (secondary N) is 1. The molecule has 4 aromatic rings. The summed E-state index contributed by atoms with van der Waals surface area (Å²) in [6.45, 7) is 2.44. The topological polar surface area (TPSA) is 184 Å². The molecule has 0 amide bonds. The maximum Gasteiger partial charge on any atom is 0.490 e. The molecule has 14 nitrogen and oxygen atoms in total. The number of aliphatic carboxylic acids is 2. The molecule has 9 rings (SSSR count). The van der Waals surface area contributed by atoms with E-state index in [2.05, 4.69) is 25.1 Å². The van der Waals surface area contributed by atoms with Gasteiger partial charge in [0.05, 0.1) is 34.2 Å². The van der Waals surface area contributed by atoms with Gasteiger partial charge in [-0.25, -0.2) is 18.4 Å². The molecule has 6 bridgehead atoms. The Morgan fingerprint density at radius 2 is 1.75 bits per heavy atom. The number of allylic oxidation sites excluding steroid dienone is 1. The molecule has 0 saturated carbocycles. The fourth-order valence-electron chi connectivity index (χ4n) is 7.52. The number of rotatable bonds is 3. The number of nitrogens with zero attached hydrogens (tertiary/aromatic N) is 6. The van der Waals surface area contributed by atoms with E-state index in [-0.39, 0.29) is 42.3 Å². The summed E-state index contributed by atoms with van der Waals surface area (Å²) in [5, 5.41) is 22.8. The first-order valence-corrected chi connectivity index (χ1v) is 18.4. The summed E-state index contributed by atoms with van der Waals surface area (Å²) < 4.78 is 107. The minimum atomic E-state index is -5.08. The third-order valence-electron chi connectivity index (χ3n) is 10.1. The van der Waals surface area contributed by atoms with Gasteiger partial charge in [-0.2, -0.15) is 41.4 Å². The Balaban J connectivity index is 0.000000361. The Kier molecular flexibility index (Phi) is 12.5. The molecule has 3 aromatic heterocycles. The maximum atomic E-state index is 16.9. The minimum absolute atomic E-state index is 0.0111. The van der Waals surface area contributed by atoms with Crippen LogP contribution in [0.1, 0.15) is 50.5 Å². The average molecular weight is 864 g/mol. The quantitative estimate of drug-likeness (QED) is 0.143. The van der Waals surface area contributed by atoms with Crippen molar-refractivity contribution in [2.24, 2.45) is 0 Å². The summed E-state index contributed by atoms with van der Waals surface area (Å²) in [7, 11) is 0. The number of alkyl halides is 7. The first-order valence-electron chi connectivity index (χ1n) is 18.0. The van der Waals surface area contributed by atoms with Gasteiger partial charge in [-0.05, 0) is 44.7 Å². The molecule has 0 aliphatic carbocycles. The van der Waals surface area contributed by atoms with Crippen molar-refractivity contribution in [3.63, 3.8) is 0 Å². The van der Waals surface area contributed by atoms with Crippen LogP contribution >= 0.6 is 11.6 Å². The van der Waals surface area contributed by atoms with Crippen molar-refractivity contribution in [1.29, 1.82) is 0 Å². The molecule has 3 saturated heterocycles. The van der Waals surface area contributed by atoms with Crippen molar-refractivity contribution in [1.82, 2.24) is 30.0 Å². The summed E-state index contributed by atoms with van der Waals surface area (Å²) in [5.74, 6) is -5.99. The van der Waals surface area contributed by atoms with Crippen LogP contribution in [-0.2, 0) is 19.1 Å². The fraction of sp³-hybridized carbons (Fsp3) is 0.472. The Hall–Kier alpha value is -5.38. The molecule has 5 aliphatic heterocycles. The molecule has 0 unspecified atom stereocenters. The van der Waals surface area contributed by atoms with Crippen LogP contribution in [-0.4, -0.2) is 121 Å².